The average molecular weight is 568 g/mol. The van der Waals surface area contributed by atoms with Crippen LogP contribution in [0.3, 0.4) is 0 Å². The van der Waals surface area contributed by atoms with E-state index in [0.29, 0.717) is 0 Å². The van der Waals surface area contributed by atoms with Crippen molar-refractivity contribution in [3.8, 4) is 5.69 Å². The Balaban J connectivity index is 0.00000385. The number of nitrogens with zero attached hydrogens (tertiary/aromatic N) is 5. The summed E-state index contributed by atoms with van der Waals surface area (Å²) >= 11 is 0. The van der Waals surface area contributed by atoms with E-state index >= 15 is 0 Å². The number of hydrogen-bond acceptors (Lipinski definition) is 4. The number of benzene rings is 1. The van der Waals surface area contributed by atoms with Gasteiger partial charge in [0, 0.05) is 52.7 Å². The monoisotopic (exact) mass is 567 g/mol. The first kappa shape index (κ1) is 27.1. The lowest BCUT2D eigenvalue weighted by atomic mass is 10.1. The minimum absolute atomic E-state index is 0. The van der Waals surface area contributed by atoms with Crippen LogP contribution in [0.15, 0.2) is 47.7 Å². The van der Waals surface area contributed by atoms with E-state index in [4.69, 9.17) is 4.99 Å². The zero-order chi connectivity index (χ0) is 22.8. The van der Waals surface area contributed by atoms with Crippen LogP contribution in [-0.4, -0.2) is 84.3 Å². The van der Waals surface area contributed by atoms with Crippen molar-refractivity contribution < 1.29 is 4.79 Å². The quantitative estimate of drug-likeness (QED) is 0.200. The molecule has 2 aromatic rings. The molecule has 9 heteroatoms. The van der Waals surface area contributed by atoms with E-state index in [1.165, 1.54) is 5.56 Å². The molecule has 1 aromatic heterocycles. The van der Waals surface area contributed by atoms with Crippen LogP contribution in [-0.2, 0) is 11.2 Å². The molecular weight excluding hydrogens is 529 g/mol. The van der Waals surface area contributed by atoms with Crippen molar-refractivity contribution in [2.75, 3.05) is 46.8 Å². The number of amides is 1. The number of aromatic nitrogens is 2. The van der Waals surface area contributed by atoms with Crippen LogP contribution in [0.5, 0.6) is 0 Å². The molecule has 1 fully saturated rings. The van der Waals surface area contributed by atoms with Gasteiger partial charge in [-0.2, -0.15) is 5.10 Å². The number of rotatable bonds is 10. The highest BCUT2D eigenvalue weighted by atomic mass is 127. The molecule has 0 spiro atoms. The van der Waals surface area contributed by atoms with Crippen molar-refractivity contribution in [1.29, 1.82) is 0 Å². The molecule has 0 radical (unpaired) electrons. The SMILES string of the molecule is CCNC(=NCCCN1CCCC1C(=O)N(C)C)NCCc1ccc(-n2cccn2)cc1.I. The van der Waals surface area contributed by atoms with Crippen molar-refractivity contribution in [2.45, 2.75) is 38.6 Å². The first-order valence-electron chi connectivity index (χ1n) is 11.6. The molecule has 1 saturated heterocycles. The third-order valence-electron chi connectivity index (χ3n) is 5.72. The van der Waals surface area contributed by atoms with Crippen molar-refractivity contribution in [3.05, 3.63) is 48.3 Å². The second-order valence-corrected chi connectivity index (χ2v) is 8.33. The van der Waals surface area contributed by atoms with E-state index in [9.17, 15) is 4.79 Å². The smallest absolute Gasteiger partial charge is 0.239 e. The lowest BCUT2D eigenvalue weighted by Crippen LogP contribution is -2.43. The van der Waals surface area contributed by atoms with E-state index in [1.807, 2.05) is 31.0 Å². The van der Waals surface area contributed by atoms with E-state index in [-0.39, 0.29) is 35.9 Å². The molecule has 1 amide bonds. The van der Waals surface area contributed by atoms with Gasteiger partial charge in [-0.15, -0.1) is 24.0 Å². The Kier molecular flexibility index (Phi) is 11.7. The molecule has 1 unspecified atom stereocenters. The number of guanidine groups is 1. The van der Waals surface area contributed by atoms with Crippen molar-refractivity contribution in [1.82, 2.24) is 30.2 Å². The zero-order valence-electron chi connectivity index (χ0n) is 20.0. The Bertz CT molecular complexity index is 852. The summed E-state index contributed by atoms with van der Waals surface area (Å²) in [5.41, 5.74) is 2.34. The van der Waals surface area contributed by atoms with E-state index in [1.54, 1.807) is 11.1 Å². The second-order valence-electron chi connectivity index (χ2n) is 8.33. The molecule has 0 aliphatic carbocycles. The number of likely N-dealkylation sites (tertiary alicyclic amines) is 1. The molecule has 0 bridgehead atoms. The summed E-state index contributed by atoms with van der Waals surface area (Å²) < 4.78 is 1.86. The Hall–Kier alpha value is -2.14. The number of carbonyl (C=O) groups excluding carboxylic acids is 1. The number of nitrogens with one attached hydrogen (secondary N) is 2. The number of aliphatic imine (C=N–C) groups is 1. The second kappa shape index (κ2) is 14.2. The van der Waals surface area contributed by atoms with Gasteiger partial charge in [-0.3, -0.25) is 14.7 Å². The molecule has 3 rings (SSSR count). The third kappa shape index (κ3) is 8.29. The van der Waals surface area contributed by atoms with Gasteiger partial charge in [0.25, 0.3) is 0 Å². The highest BCUT2D eigenvalue weighted by Gasteiger charge is 2.30. The average Bonchev–Trinajstić information content (AvgIpc) is 3.49. The minimum atomic E-state index is 0. The van der Waals surface area contributed by atoms with Gasteiger partial charge in [0.15, 0.2) is 5.96 Å². The van der Waals surface area contributed by atoms with Crippen LogP contribution >= 0.6 is 24.0 Å². The summed E-state index contributed by atoms with van der Waals surface area (Å²) in [7, 11) is 3.68. The summed E-state index contributed by atoms with van der Waals surface area (Å²) in [5, 5.41) is 11.0. The molecule has 33 heavy (non-hydrogen) atoms. The van der Waals surface area contributed by atoms with Crippen molar-refractivity contribution in [3.63, 3.8) is 0 Å². The van der Waals surface area contributed by atoms with Gasteiger partial charge in [0.1, 0.15) is 0 Å². The Labute approximate surface area is 214 Å². The fraction of sp³-hybridized carbons (Fsp3) is 0.542. The first-order valence-corrected chi connectivity index (χ1v) is 11.6. The molecule has 2 N–H and O–H groups in total. The normalized spacial score (nSPS) is 16.3. The highest BCUT2D eigenvalue weighted by Crippen LogP contribution is 2.18. The topological polar surface area (TPSA) is 77.8 Å². The lowest BCUT2D eigenvalue weighted by Gasteiger charge is -2.25. The van der Waals surface area contributed by atoms with Gasteiger partial charge in [-0.25, -0.2) is 4.68 Å². The van der Waals surface area contributed by atoms with Gasteiger partial charge in [-0.05, 0) is 62.9 Å². The predicted molar refractivity (Wildman–Crippen MR) is 145 cm³/mol. The molecule has 1 aromatic carbocycles. The lowest BCUT2D eigenvalue weighted by molar-refractivity contribution is -0.133. The van der Waals surface area contributed by atoms with Crippen molar-refractivity contribution >= 4 is 35.8 Å². The van der Waals surface area contributed by atoms with Crippen LogP contribution in [0, 0.1) is 0 Å². The fourth-order valence-corrected chi connectivity index (χ4v) is 4.04. The van der Waals surface area contributed by atoms with Gasteiger partial charge >= 0.3 is 0 Å². The van der Waals surface area contributed by atoms with E-state index in [0.717, 1.165) is 70.1 Å². The largest absolute Gasteiger partial charge is 0.357 e. The van der Waals surface area contributed by atoms with Crippen molar-refractivity contribution in [2.24, 2.45) is 4.99 Å². The van der Waals surface area contributed by atoms with E-state index < -0.39 is 0 Å². The first-order chi connectivity index (χ1) is 15.6. The Morgan fingerprint density at radius 1 is 1.24 bits per heavy atom. The summed E-state index contributed by atoms with van der Waals surface area (Å²) in [6, 6.07) is 10.4. The maximum Gasteiger partial charge on any atom is 0.239 e. The molecular formula is C24H38IN7O. The number of halogens is 1. The van der Waals surface area contributed by atoms with Gasteiger partial charge in [-0.1, -0.05) is 12.1 Å². The fourth-order valence-electron chi connectivity index (χ4n) is 4.04. The molecule has 8 nitrogen and oxygen atoms in total. The highest BCUT2D eigenvalue weighted by molar-refractivity contribution is 14.0. The van der Waals surface area contributed by atoms with Gasteiger partial charge in [0.05, 0.1) is 11.7 Å². The van der Waals surface area contributed by atoms with Crippen LogP contribution in [0.2, 0.25) is 0 Å². The minimum Gasteiger partial charge on any atom is -0.357 e. The molecule has 1 atom stereocenters. The summed E-state index contributed by atoms with van der Waals surface area (Å²) in [5.74, 6) is 1.07. The number of carbonyl (C=O) groups is 1. The van der Waals surface area contributed by atoms with Gasteiger partial charge in [0.2, 0.25) is 5.91 Å². The van der Waals surface area contributed by atoms with Crippen LogP contribution in [0.4, 0.5) is 0 Å². The Morgan fingerprint density at radius 2 is 2.03 bits per heavy atom. The summed E-state index contributed by atoms with van der Waals surface area (Å²) in [4.78, 5) is 21.1. The predicted octanol–water partition coefficient (Wildman–Crippen LogP) is 2.53. The summed E-state index contributed by atoms with van der Waals surface area (Å²) in [6.45, 7) is 6.38. The maximum atomic E-state index is 12.3. The van der Waals surface area contributed by atoms with Gasteiger partial charge < -0.3 is 15.5 Å². The van der Waals surface area contributed by atoms with Crippen LogP contribution in [0.1, 0.15) is 31.7 Å². The molecule has 0 saturated carbocycles. The van der Waals surface area contributed by atoms with Crippen LogP contribution < -0.4 is 10.6 Å². The molecule has 182 valence electrons. The standard InChI is InChI=1S/C24H37N7O.HI/c1-4-25-24(26-14-6-18-30-17-5-8-22(30)23(32)29(2)3)27-16-13-20-9-11-21(12-10-20)31-19-7-15-28-31;/h7,9-12,15,19,22H,4-6,8,13-14,16-18H2,1-3H3,(H2,25,26,27);1H. The third-order valence-corrected chi connectivity index (χ3v) is 5.72. The molecule has 1 aliphatic rings. The molecule has 1 aliphatic heterocycles. The van der Waals surface area contributed by atoms with E-state index in [2.05, 4.69) is 51.8 Å². The number of hydrogen-bond donors (Lipinski definition) is 2. The summed E-state index contributed by atoms with van der Waals surface area (Å²) in [6.07, 6.45) is 7.66. The molecule has 2 heterocycles. The maximum absolute atomic E-state index is 12.3. The zero-order valence-corrected chi connectivity index (χ0v) is 22.4. The van der Waals surface area contributed by atoms with Crippen LogP contribution in [0.25, 0.3) is 5.69 Å². The Morgan fingerprint density at radius 3 is 2.70 bits per heavy atom. The number of likely N-dealkylation sites (N-methyl/N-ethyl adjacent to an activating group) is 1.